The molecule has 0 atom stereocenters. The molecule has 140 valence electrons. The predicted molar refractivity (Wildman–Crippen MR) is 102 cm³/mol. The highest BCUT2D eigenvalue weighted by atomic mass is 35.5. The fraction of sp³-hybridized carbons (Fsp3) is 0.500. The lowest BCUT2D eigenvalue weighted by atomic mass is 9.97. The molecule has 0 unspecified atom stereocenters. The lowest BCUT2D eigenvalue weighted by molar-refractivity contribution is -0.134. The minimum Gasteiger partial charge on any atom is -0.495 e. The number of hydrogen-bond acceptors (Lipinski definition) is 3. The first kappa shape index (κ1) is 18.8. The highest BCUT2D eigenvalue weighted by Crippen LogP contribution is 2.47. The van der Waals surface area contributed by atoms with E-state index < -0.39 is 5.41 Å². The van der Waals surface area contributed by atoms with Crippen LogP contribution in [-0.4, -0.2) is 25.5 Å². The van der Waals surface area contributed by atoms with E-state index in [1.807, 2.05) is 0 Å². The molecule has 1 aromatic carbocycles. The van der Waals surface area contributed by atoms with Gasteiger partial charge in [0.1, 0.15) is 11.2 Å². The summed E-state index contributed by atoms with van der Waals surface area (Å²) in [6.07, 6.45) is 9.02. The zero-order chi connectivity index (χ0) is 18.6. The van der Waals surface area contributed by atoms with Crippen LogP contribution in [0, 0.1) is 5.41 Å². The number of halogens is 1. The summed E-state index contributed by atoms with van der Waals surface area (Å²) < 4.78 is 5.25. The normalized spacial score (nSPS) is 17.8. The van der Waals surface area contributed by atoms with Gasteiger partial charge in [-0.05, 0) is 63.1 Å². The van der Waals surface area contributed by atoms with E-state index in [4.69, 9.17) is 16.3 Å². The van der Waals surface area contributed by atoms with Crippen LogP contribution in [0.3, 0.4) is 0 Å². The van der Waals surface area contributed by atoms with Crippen LogP contribution in [-0.2, 0) is 9.59 Å². The summed E-state index contributed by atoms with van der Waals surface area (Å²) in [5.41, 5.74) is 0.930. The SMILES string of the molecule is COc1ccc(Cl)cc1NC(=O)C1(C(=O)NCCC2=CCCCC2)CC1. The van der Waals surface area contributed by atoms with Crippen LogP contribution in [0.4, 0.5) is 5.69 Å². The molecule has 0 bridgehead atoms. The largest absolute Gasteiger partial charge is 0.495 e. The lowest BCUT2D eigenvalue weighted by Crippen LogP contribution is -2.40. The lowest BCUT2D eigenvalue weighted by Gasteiger charge is -2.18. The molecule has 2 aliphatic rings. The van der Waals surface area contributed by atoms with Crippen molar-refractivity contribution < 1.29 is 14.3 Å². The van der Waals surface area contributed by atoms with Gasteiger partial charge in [-0.25, -0.2) is 0 Å². The Hall–Kier alpha value is -2.01. The second-order valence-corrected chi connectivity index (χ2v) is 7.43. The molecular formula is C20H25ClN2O3. The number of rotatable bonds is 7. The van der Waals surface area contributed by atoms with Crippen molar-refractivity contribution in [3.63, 3.8) is 0 Å². The minimum atomic E-state index is -0.964. The highest BCUT2D eigenvalue weighted by molar-refractivity contribution is 6.31. The molecule has 0 saturated heterocycles. The molecule has 5 nitrogen and oxygen atoms in total. The topological polar surface area (TPSA) is 67.4 Å². The minimum absolute atomic E-state index is 0.188. The maximum absolute atomic E-state index is 12.7. The summed E-state index contributed by atoms with van der Waals surface area (Å²) in [5, 5.41) is 6.24. The standard InChI is InChI=1S/C20H25ClN2O3/c1-26-17-8-7-15(21)13-16(17)23-19(25)20(10-11-20)18(24)22-12-9-14-5-3-2-4-6-14/h5,7-8,13H,2-4,6,9-12H2,1H3,(H,22,24)(H,23,25). The number of hydrogen-bond donors (Lipinski definition) is 2. The number of amides is 2. The second-order valence-electron chi connectivity index (χ2n) is 6.99. The van der Waals surface area contributed by atoms with Gasteiger partial charge in [0.2, 0.25) is 11.8 Å². The van der Waals surface area contributed by atoms with Crippen LogP contribution >= 0.6 is 11.6 Å². The van der Waals surface area contributed by atoms with E-state index >= 15 is 0 Å². The summed E-state index contributed by atoms with van der Waals surface area (Å²) in [6, 6.07) is 5.01. The number of anilines is 1. The average Bonchev–Trinajstić information content (AvgIpc) is 3.45. The van der Waals surface area contributed by atoms with Gasteiger partial charge >= 0.3 is 0 Å². The Labute approximate surface area is 159 Å². The monoisotopic (exact) mass is 376 g/mol. The Morgan fingerprint density at radius 2 is 2.04 bits per heavy atom. The van der Waals surface area contributed by atoms with Gasteiger partial charge in [0.25, 0.3) is 0 Å². The van der Waals surface area contributed by atoms with Crippen molar-refractivity contribution >= 4 is 29.1 Å². The Morgan fingerprint density at radius 1 is 1.23 bits per heavy atom. The first-order valence-corrected chi connectivity index (χ1v) is 9.54. The van der Waals surface area contributed by atoms with E-state index in [1.54, 1.807) is 18.2 Å². The first-order chi connectivity index (χ1) is 12.5. The van der Waals surface area contributed by atoms with Crippen LogP contribution in [0.1, 0.15) is 44.9 Å². The number of allylic oxidation sites excluding steroid dienone is 1. The van der Waals surface area contributed by atoms with Gasteiger partial charge in [0, 0.05) is 11.6 Å². The quantitative estimate of drug-likeness (QED) is 0.556. The number of ether oxygens (including phenoxy) is 1. The molecule has 26 heavy (non-hydrogen) atoms. The van der Waals surface area contributed by atoms with Crippen molar-refractivity contribution in [2.24, 2.45) is 5.41 Å². The number of nitrogens with one attached hydrogen (secondary N) is 2. The van der Waals surface area contributed by atoms with Gasteiger partial charge in [-0.1, -0.05) is 23.3 Å². The van der Waals surface area contributed by atoms with Crippen LogP contribution in [0.5, 0.6) is 5.75 Å². The van der Waals surface area contributed by atoms with Gasteiger partial charge in [-0.3, -0.25) is 9.59 Å². The predicted octanol–water partition coefficient (Wildman–Crippen LogP) is 4.07. The fourth-order valence-electron chi connectivity index (χ4n) is 3.34. The summed E-state index contributed by atoms with van der Waals surface area (Å²) in [6.45, 7) is 0.584. The van der Waals surface area contributed by atoms with Crippen molar-refractivity contribution in [1.29, 1.82) is 0 Å². The Bertz CT molecular complexity index is 726. The Morgan fingerprint density at radius 3 is 2.69 bits per heavy atom. The summed E-state index contributed by atoms with van der Waals surface area (Å²) in [5.74, 6) is 0.0306. The van der Waals surface area contributed by atoms with Crippen molar-refractivity contribution in [3.05, 3.63) is 34.9 Å². The van der Waals surface area contributed by atoms with Gasteiger partial charge in [-0.15, -0.1) is 0 Å². The molecule has 2 N–H and O–H groups in total. The van der Waals surface area contributed by atoms with Crippen LogP contribution in [0.2, 0.25) is 5.02 Å². The van der Waals surface area contributed by atoms with Gasteiger partial charge in [0.05, 0.1) is 12.8 Å². The van der Waals surface area contributed by atoms with E-state index in [0.29, 0.717) is 35.8 Å². The summed E-state index contributed by atoms with van der Waals surface area (Å²) in [4.78, 5) is 25.3. The maximum atomic E-state index is 12.7. The molecule has 2 amide bonds. The molecule has 2 aliphatic carbocycles. The van der Waals surface area contributed by atoms with Crippen LogP contribution < -0.4 is 15.4 Å². The van der Waals surface area contributed by atoms with E-state index in [1.165, 1.54) is 25.5 Å². The molecule has 1 aromatic rings. The fourth-order valence-corrected chi connectivity index (χ4v) is 3.51. The van der Waals surface area contributed by atoms with E-state index in [9.17, 15) is 9.59 Å². The van der Waals surface area contributed by atoms with Crippen molar-refractivity contribution in [2.45, 2.75) is 44.9 Å². The van der Waals surface area contributed by atoms with Crippen LogP contribution in [0.25, 0.3) is 0 Å². The van der Waals surface area contributed by atoms with Crippen molar-refractivity contribution in [1.82, 2.24) is 5.32 Å². The first-order valence-electron chi connectivity index (χ1n) is 9.16. The number of benzene rings is 1. The van der Waals surface area contributed by atoms with Crippen molar-refractivity contribution in [2.75, 3.05) is 19.0 Å². The molecular weight excluding hydrogens is 352 g/mol. The van der Waals surface area contributed by atoms with E-state index in [-0.39, 0.29) is 11.8 Å². The van der Waals surface area contributed by atoms with Crippen LogP contribution in [0.15, 0.2) is 29.8 Å². The van der Waals surface area contributed by atoms with Gasteiger partial charge in [-0.2, -0.15) is 0 Å². The zero-order valence-electron chi connectivity index (χ0n) is 15.1. The highest BCUT2D eigenvalue weighted by Gasteiger charge is 2.56. The van der Waals surface area contributed by atoms with Gasteiger partial charge < -0.3 is 15.4 Å². The molecule has 0 spiro atoms. The van der Waals surface area contributed by atoms with Gasteiger partial charge in [0.15, 0.2) is 0 Å². The number of carbonyl (C=O) groups excluding carboxylic acids is 2. The molecule has 1 saturated carbocycles. The van der Waals surface area contributed by atoms with E-state index in [0.717, 1.165) is 19.3 Å². The third-order valence-electron chi connectivity index (χ3n) is 5.15. The summed E-state index contributed by atoms with van der Waals surface area (Å²) >= 11 is 6.00. The Balaban J connectivity index is 1.57. The molecule has 0 radical (unpaired) electrons. The maximum Gasteiger partial charge on any atom is 0.240 e. The molecule has 0 aliphatic heterocycles. The third-order valence-corrected chi connectivity index (χ3v) is 5.38. The number of carbonyl (C=O) groups is 2. The molecule has 1 fully saturated rings. The van der Waals surface area contributed by atoms with E-state index in [2.05, 4.69) is 16.7 Å². The summed E-state index contributed by atoms with van der Waals surface area (Å²) in [7, 11) is 1.53. The third kappa shape index (κ3) is 4.21. The molecule has 0 heterocycles. The average molecular weight is 377 g/mol. The number of methoxy groups -OCH3 is 1. The molecule has 6 heteroatoms. The molecule has 0 aromatic heterocycles. The zero-order valence-corrected chi connectivity index (χ0v) is 15.8. The van der Waals surface area contributed by atoms with Crippen molar-refractivity contribution in [3.8, 4) is 5.75 Å². The smallest absolute Gasteiger partial charge is 0.240 e. The molecule has 3 rings (SSSR count). The second kappa shape index (κ2) is 8.12. The Kier molecular flexibility index (Phi) is 5.87.